The number of hydrogen-bond donors (Lipinski definition) is 1. The summed E-state index contributed by atoms with van der Waals surface area (Å²) < 4.78 is 0. The van der Waals surface area contributed by atoms with Crippen LogP contribution < -0.4 is 15.1 Å². The molecule has 6 nitrogen and oxygen atoms in total. The van der Waals surface area contributed by atoms with Crippen LogP contribution in [0.5, 0.6) is 0 Å². The standard InChI is InChI=1S/C20H27N5O/c1-4-16-7-5-6-14-25(16)20-21-13-12-18(23-20)19(26)22-15-8-10-17(11-9-15)24(2)3/h8-13,16H,4-7,14H2,1-3H3,(H,22,26). The maximum absolute atomic E-state index is 12.6. The Kier molecular flexibility index (Phi) is 5.71. The largest absolute Gasteiger partial charge is 0.378 e. The molecule has 1 unspecified atom stereocenters. The Labute approximate surface area is 155 Å². The summed E-state index contributed by atoms with van der Waals surface area (Å²) in [5.74, 6) is 0.448. The molecule has 6 heteroatoms. The van der Waals surface area contributed by atoms with Gasteiger partial charge in [0.1, 0.15) is 5.69 Å². The van der Waals surface area contributed by atoms with E-state index in [1.54, 1.807) is 12.3 Å². The van der Waals surface area contributed by atoms with E-state index in [-0.39, 0.29) is 5.91 Å². The number of benzene rings is 1. The number of piperidine rings is 1. The number of nitrogens with zero attached hydrogens (tertiary/aromatic N) is 4. The topological polar surface area (TPSA) is 61.4 Å². The monoisotopic (exact) mass is 353 g/mol. The summed E-state index contributed by atoms with van der Waals surface area (Å²) in [6.07, 6.45) is 6.30. The second kappa shape index (κ2) is 8.17. The zero-order valence-corrected chi connectivity index (χ0v) is 15.8. The van der Waals surface area contributed by atoms with Crippen LogP contribution in [0.25, 0.3) is 0 Å². The lowest BCUT2D eigenvalue weighted by Crippen LogP contribution is -2.40. The van der Waals surface area contributed by atoms with Crippen molar-refractivity contribution >= 4 is 23.2 Å². The molecule has 1 aliphatic heterocycles. The molecule has 0 spiro atoms. The smallest absolute Gasteiger partial charge is 0.274 e. The second-order valence-electron chi connectivity index (χ2n) is 6.89. The average Bonchev–Trinajstić information content (AvgIpc) is 2.68. The van der Waals surface area contributed by atoms with Gasteiger partial charge in [0.15, 0.2) is 0 Å². The summed E-state index contributed by atoms with van der Waals surface area (Å²) in [7, 11) is 3.97. The van der Waals surface area contributed by atoms with E-state index in [4.69, 9.17) is 0 Å². The van der Waals surface area contributed by atoms with Crippen LogP contribution in [-0.4, -0.2) is 42.6 Å². The highest BCUT2D eigenvalue weighted by molar-refractivity contribution is 6.03. The maximum Gasteiger partial charge on any atom is 0.274 e. The first-order valence-electron chi connectivity index (χ1n) is 9.27. The Hall–Kier alpha value is -2.63. The number of amides is 1. The fourth-order valence-corrected chi connectivity index (χ4v) is 3.34. The van der Waals surface area contributed by atoms with Gasteiger partial charge in [-0.3, -0.25) is 4.79 Å². The van der Waals surface area contributed by atoms with Crippen LogP contribution in [0.15, 0.2) is 36.5 Å². The number of aromatic nitrogens is 2. The van der Waals surface area contributed by atoms with Crippen molar-refractivity contribution < 1.29 is 4.79 Å². The number of carbonyl (C=O) groups excluding carboxylic acids is 1. The third-order valence-electron chi connectivity index (χ3n) is 4.87. The molecule has 0 aliphatic carbocycles. The van der Waals surface area contributed by atoms with Crippen molar-refractivity contribution in [2.45, 2.75) is 38.6 Å². The summed E-state index contributed by atoms with van der Waals surface area (Å²) in [4.78, 5) is 25.8. The molecular formula is C20H27N5O. The molecule has 1 saturated heterocycles. The summed E-state index contributed by atoms with van der Waals surface area (Å²) in [5.41, 5.74) is 2.24. The lowest BCUT2D eigenvalue weighted by Gasteiger charge is -2.35. The minimum Gasteiger partial charge on any atom is -0.378 e. The maximum atomic E-state index is 12.6. The second-order valence-corrected chi connectivity index (χ2v) is 6.89. The summed E-state index contributed by atoms with van der Waals surface area (Å²) in [6.45, 7) is 3.15. The molecule has 1 aromatic heterocycles. The molecule has 1 atom stereocenters. The zero-order chi connectivity index (χ0) is 18.5. The minimum atomic E-state index is -0.212. The van der Waals surface area contributed by atoms with Gasteiger partial charge < -0.3 is 15.1 Å². The highest BCUT2D eigenvalue weighted by atomic mass is 16.1. The lowest BCUT2D eigenvalue weighted by molar-refractivity contribution is 0.102. The van der Waals surface area contributed by atoms with Gasteiger partial charge in [0.05, 0.1) is 0 Å². The van der Waals surface area contributed by atoms with Crippen molar-refractivity contribution in [2.75, 3.05) is 35.8 Å². The first-order chi connectivity index (χ1) is 12.6. The molecule has 0 bridgehead atoms. The molecular weight excluding hydrogens is 326 g/mol. The van der Waals surface area contributed by atoms with E-state index in [9.17, 15) is 4.79 Å². The zero-order valence-electron chi connectivity index (χ0n) is 15.8. The van der Waals surface area contributed by atoms with Crippen LogP contribution in [0.3, 0.4) is 0 Å². The van der Waals surface area contributed by atoms with E-state index in [1.807, 2.05) is 43.3 Å². The first-order valence-corrected chi connectivity index (χ1v) is 9.27. The lowest BCUT2D eigenvalue weighted by atomic mass is 10.0. The number of nitrogens with one attached hydrogen (secondary N) is 1. The summed E-state index contributed by atoms with van der Waals surface area (Å²) in [6, 6.07) is 9.86. The van der Waals surface area contributed by atoms with Crippen LogP contribution in [0.1, 0.15) is 43.1 Å². The van der Waals surface area contributed by atoms with E-state index in [0.29, 0.717) is 17.7 Å². The fourth-order valence-electron chi connectivity index (χ4n) is 3.34. The molecule has 1 aliphatic rings. The molecule has 0 radical (unpaired) electrons. The Balaban J connectivity index is 1.73. The van der Waals surface area contributed by atoms with Gasteiger partial charge in [0, 0.05) is 44.3 Å². The van der Waals surface area contributed by atoms with Gasteiger partial charge in [-0.25, -0.2) is 9.97 Å². The molecule has 1 fully saturated rings. The first kappa shape index (κ1) is 18.2. The van der Waals surface area contributed by atoms with E-state index >= 15 is 0 Å². The van der Waals surface area contributed by atoms with Crippen molar-refractivity contribution in [2.24, 2.45) is 0 Å². The molecule has 1 amide bonds. The Bertz CT molecular complexity index is 744. The summed E-state index contributed by atoms with van der Waals surface area (Å²) >= 11 is 0. The van der Waals surface area contributed by atoms with Gasteiger partial charge in [0.2, 0.25) is 5.95 Å². The van der Waals surface area contributed by atoms with Gasteiger partial charge in [-0.1, -0.05) is 6.92 Å². The predicted molar refractivity (Wildman–Crippen MR) is 106 cm³/mol. The van der Waals surface area contributed by atoms with Crippen molar-refractivity contribution in [3.05, 3.63) is 42.2 Å². The van der Waals surface area contributed by atoms with Gasteiger partial charge >= 0.3 is 0 Å². The van der Waals surface area contributed by atoms with Gasteiger partial charge in [-0.05, 0) is 56.0 Å². The normalized spacial score (nSPS) is 17.0. The summed E-state index contributed by atoms with van der Waals surface area (Å²) in [5, 5.41) is 2.91. The van der Waals surface area contributed by atoms with E-state index in [2.05, 4.69) is 27.1 Å². The number of carbonyl (C=O) groups is 1. The van der Waals surface area contributed by atoms with Gasteiger partial charge in [0.25, 0.3) is 5.91 Å². The molecule has 2 heterocycles. The number of hydrogen-bond acceptors (Lipinski definition) is 5. The number of rotatable bonds is 5. The Morgan fingerprint density at radius 1 is 1.23 bits per heavy atom. The van der Waals surface area contributed by atoms with Crippen LogP contribution in [0.2, 0.25) is 0 Å². The molecule has 2 aromatic rings. The molecule has 0 saturated carbocycles. The quantitative estimate of drug-likeness (QED) is 0.890. The van der Waals surface area contributed by atoms with E-state index in [1.165, 1.54) is 6.42 Å². The predicted octanol–water partition coefficient (Wildman–Crippen LogP) is 3.56. The highest BCUT2D eigenvalue weighted by Gasteiger charge is 2.23. The van der Waals surface area contributed by atoms with Crippen LogP contribution in [0, 0.1) is 0 Å². The van der Waals surface area contributed by atoms with Crippen molar-refractivity contribution in [1.82, 2.24) is 9.97 Å². The van der Waals surface area contributed by atoms with Gasteiger partial charge in [-0.2, -0.15) is 0 Å². The third kappa shape index (κ3) is 4.12. The van der Waals surface area contributed by atoms with E-state index < -0.39 is 0 Å². The van der Waals surface area contributed by atoms with Crippen molar-refractivity contribution in [3.8, 4) is 0 Å². The number of anilines is 3. The molecule has 3 rings (SSSR count). The Morgan fingerprint density at radius 3 is 2.69 bits per heavy atom. The van der Waals surface area contributed by atoms with E-state index in [0.717, 1.165) is 37.2 Å². The van der Waals surface area contributed by atoms with Crippen molar-refractivity contribution in [1.29, 1.82) is 0 Å². The highest BCUT2D eigenvalue weighted by Crippen LogP contribution is 2.24. The Morgan fingerprint density at radius 2 is 2.00 bits per heavy atom. The van der Waals surface area contributed by atoms with Gasteiger partial charge in [-0.15, -0.1) is 0 Å². The minimum absolute atomic E-state index is 0.212. The van der Waals surface area contributed by atoms with Crippen LogP contribution >= 0.6 is 0 Å². The SMILES string of the molecule is CCC1CCCCN1c1nccc(C(=O)Nc2ccc(N(C)C)cc2)n1. The van der Waals surface area contributed by atoms with Crippen LogP contribution in [-0.2, 0) is 0 Å². The fraction of sp³-hybridized carbons (Fsp3) is 0.450. The average molecular weight is 353 g/mol. The third-order valence-corrected chi connectivity index (χ3v) is 4.87. The molecule has 138 valence electrons. The van der Waals surface area contributed by atoms with Crippen LogP contribution in [0.4, 0.5) is 17.3 Å². The molecule has 1 N–H and O–H groups in total. The molecule has 26 heavy (non-hydrogen) atoms. The van der Waals surface area contributed by atoms with Crippen molar-refractivity contribution in [3.63, 3.8) is 0 Å². The molecule has 1 aromatic carbocycles.